The van der Waals surface area contributed by atoms with Crippen LogP contribution in [0.1, 0.15) is 6.42 Å². The van der Waals surface area contributed by atoms with Crippen LogP contribution in [-0.2, 0) is 9.59 Å². The van der Waals surface area contributed by atoms with E-state index in [1.165, 1.54) is 0 Å². The lowest BCUT2D eigenvalue weighted by Gasteiger charge is -2.06. The highest BCUT2D eigenvalue weighted by Gasteiger charge is 2.17. The van der Waals surface area contributed by atoms with Crippen LogP contribution in [-0.4, -0.2) is 11.8 Å². The summed E-state index contributed by atoms with van der Waals surface area (Å²) in [5, 5.41) is 5.32. The van der Waals surface area contributed by atoms with Crippen molar-refractivity contribution in [2.75, 3.05) is 10.6 Å². The van der Waals surface area contributed by atoms with Gasteiger partial charge in [0.1, 0.15) is 6.42 Å². The summed E-state index contributed by atoms with van der Waals surface area (Å²) in [6.07, 6.45) is -0.120. The summed E-state index contributed by atoms with van der Waals surface area (Å²) in [4.78, 5) is 22.4. The summed E-state index contributed by atoms with van der Waals surface area (Å²) >= 11 is 2.15. The van der Waals surface area contributed by atoms with E-state index in [2.05, 4.69) is 33.2 Å². The number of anilines is 2. The number of amides is 2. The van der Waals surface area contributed by atoms with Gasteiger partial charge in [-0.15, -0.1) is 0 Å². The van der Waals surface area contributed by atoms with Crippen molar-refractivity contribution in [3.63, 3.8) is 0 Å². The van der Waals surface area contributed by atoms with Crippen molar-refractivity contribution in [3.05, 3.63) is 21.8 Å². The Morgan fingerprint density at radius 3 is 2.43 bits per heavy atom. The molecule has 1 aromatic carbocycles. The van der Waals surface area contributed by atoms with Gasteiger partial charge in [-0.05, 0) is 40.8 Å². The van der Waals surface area contributed by atoms with Crippen LogP contribution in [0.15, 0.2) is 18.2 Å². The van der Waals surface area contributed by atoms with Gasteiger partial charge in [-0.25, -0.2) is 0 Å². The second-order valence-corrected chi connectivity index (χ2v) is 4.21. The molecule has 0 fully saturated rings. The number of fused-ring (bicyclic) bond motifs is 1. The van der Waals surface area contributed by atoms with Crippen LogP contribution in [0, 0.1) is 3.57 Å². The lowest BCUT2D eigenvalue weighted by Crippen LogP contribution is -2.16. The Hall–Kier alpha value is -1.11. The number of hydrogen-bond donors (Lipinski definition) is 2. The maximum atomic E-state index is 11.2. The first-order chi connectivity index (χ1) is 6.65. The van der Waals surface area contributed by atoms with E-state index in [-0.39, 0.29) is 18.2 Å². The predicted octanol–water partition coefficient (Wildman–Crippen LogP) is 1.57. The lowest BCUT2D eigenvalue weighted by molar-refractivity contribution is -0.123. The van der Waals surface area contributed by atoms with Gasteiger partial charge in [-0.1, -0.05) is 0 Å². The second-order valence-electron chi connectivity index (χ2n) is 2.96. The molecule has 0 spiro atoms. The normalized spacial score (nSPS) is 15.2. The minimum Gasteiger partial charge on any atom is -0.324 e. The molecule has 5 heteroatoms. The van der Waals surface area contributed by atoms with Crippen molar-refractivity contribution < 1.29 is 9.59 Å². The zero-order chi connectivity index (χ0) is 10.1. The third-order valence-electron chi connectivity index (χ3n) is 1.85. The molecule has 2 amide bonds. The average molecular weight is 302 g/mol. The van der Waals surface area contributed by atoms with E-state index in [4.69, 9.17) is 0 Å². The fourth-order valence-electron chi connectivity index (χ4n) is 1.26. The molecule has 1 aliphatic rings. The van der Waals surface area contributed by atoms with Crippen LogP contribution in [0.3, 0.4) is 0 Å². The van der Waals surface area contributed by atoms with Crippen LogP contribution in [0.2, 0.25) is 0 Å². The standard InChI is InChI=1S/C9H7IN2O2/c10-5-1-2-6-7(3-5)12-9(14)4-8(13)11-6/h1-3H,4H2,(H,11,13)(H,12,14). The summed E-state index contributed by atoms with van der Waals surface area (Å²) in [7, 11) is 0. The lowest BCUT2D eigenvalue weighted by atomic mass is 10.2. The van der Waals surface area contributed by atoms with Crippen molar-refractivity contribution in [3.8, 4) is 0 Å². The highest BCUT2D eigenvalue weighted by atomic mass is 127. The first kappa shape index (κ1) is 9.45. The first-order valence-corrected chi connectivity index (χ1v) is 5.12. The molecule has 0 aliphatic carbocycles. The number of nitrogens with one attached hydrogen (secondary N) is 2. The molecular formula is C9H7IN2O2. The zero-order valence-electron chi connectivity index (χ0n) is 7.13. The van der Waals surface area contributed by atoms with Gasteiger partial charge >= 0.3 is 0 Å². The molecule has 72 valence electrons. The van der Waals surface area contributed by atoms with Gasteiger partial charge in [-0.3, -0.25) is 9.59 Å². The molecule has 2 N–H and O–H groups in total. The number of hydrogen-bond acceptors (Lipinski definition) is 2. The molecule has 0 unspecified atom stereocenters. The molecule has 4 nitrogen and oxygen atoms in total. The van der Waals surface area contributed by atoms with Gasteiger partial charge in [0.15, 0.2) is 0 Å². The maximum absolute atomic E-state index is 11.2. The van der Waals surface area contributed by atoms with Crippen LogP contribution in [0.25, 0.3) is 0 Å². The van der Waals surface area contributed by atoms with Crippen LogP contribution < -0.4 is 10.6 Å². The number of benzene rings is 1. The topological polar surface area (TPSA) is 58.2 Å². The average Bonchev–Trinajstić information content (AvgIpc) is 2.21. The number of carbonyl (C=O) groups is 2. The molecule has 1 aliphatic heterocycles. The molecule has 1 heterocycles. The summed E-state index contributed by atoms with van der Waals surface area (Å²) < 4.78 is 1.01. The largest absolute Gasteiger partial charge is 0.324 e. The molecule has 0 aromatic heterocycles. The van der Waals surface area contributed by atoms with Crippen molar-refractivity contribution >= 4 is 45.8 Å². The highest BCUT2D eigenvalue weighted by Crippen LogP contribution is 2.26. The van der Waals surface area contributed by atoms with Gasteiger partial charge in [0.05, 0.1) is 11.4 Å². The third-order valence-corrected chi connectivity index (χ3v) is 2.52. The third kappa shape index (κ3) is 1.87. The fraction of sp³-hybridized carbons (Fsp3) is 0.111. The Morgan fingerprint density at radius 1 is 1.07 bits per heavy atom. The molecule has 2 rings (SSSR count). The molecule has 14 heavy (non-hydrogen) atoms. The summed E-state index contributed by atoms with van der Waals surface area (Å²) in [5.41, 5.74) is 1.31. The molecule has 0 radical (unpaired) electrons. The van der Waals surface area contributed by atoms with E-state index in [1.54, 1.807) is 6.07 Å². The Morgan fingerprint density at radius 2 is 1.71 bits per heavy atom. The molecule has 0 atom stereocenters. The summed E-state index contributed by atoms with van der Waals surface area (Å²) in [6.45, 7) is 0. The van der Waals surface area contributed by atoms with Gasteiger partial charge in [0.2, 0.25) is 11.8 Å². The minimum absolute atomic E-state index is 0.120. The Bertz CT molecular complexity index is 417. The van der Waals surface area contributed by atoms with E-state index in [0.717, 1.165) is 3.57 Å². The van der Waals surface area contributed by atoms with Crippen molar-refractivity contribution in [1.82, 2.24) is 0 Å². The molecular weight excluding hydrogens is 295 g/mol. The van der Waals surface area contributed by atoms with E-state index >= 15 is 0 Å². The first-order valence-electron chi connectivity index (χ1n) is 4.04. The SMILES string of the molecule is O=C1CC(=O)Nc2cc(I)ccc2N1. The minimum atomic E-state index is -0.276. The predicted molar refractivity (Wildman–Crippen MR) is 61.0 cm³/mol. The van der Waals surface area contributed by atoms with Gasteiger partial charge < -0.3 is 10.6 Å². The maximum Gasteiger partial charge on any atom is 0.233 e. The number of carbonyl (C=O) groups excluding carboxylic acids is 2. The van der Waals surface area contributed by atoms with E-state index in [1.807, 2.05) is 12.1 Å². The molecule has 0 saturated carbocycles. The Balaban J connectivity index is 2.46. The second kappa shape index (κ2) is 3.56. The van der Waals surface area contributed by atoms with E-state index in [9.17, 15) is 9.59 Å². The number of rotatable bonds is 0. The molecule has 0 bridgehead atoms. The highest BCUT2D eigenvalue weighted by molar-refractivity contribution is 14.1. The molecule has 1 aromatic rings. The summed E-state index contributed by atoms with van der Waals surface area (Å²) in [5.74, 6) is -0.550. The Kier molecular flexibility index (Phi) is 2.40. The van der Waals surface area contributed by atoms with Crippen molar-refractivity contribution in [2.24, 2.45) is 0 Å². The van der Waals surface area contributed by atoms with Gasteiger partial charge in [-0.2, -0.15) is 0 Å². The number of halogens is 1. The van der Waals surface area contributed by atoms with Crippen molar-refractivity contribution in [1.29, 1.82) is 0 Å². The van der Waals surface area contributed by atoms with Crippen molar-refractivity contribution in [2.45, 2.75) is 6.42 Å². The Labute approximate surface area is 94.2 Å². The van der Waals surface area contributed by atoms with Gasteiger partial charge in [0, 0.05) is 3.57 Å². The summed E-state index contributed by atoms with van der Waals surface area (Å²) in [6, 6.07) is 5.47. The zero-order valence-corrected chi connectivity index (χ0v) is 9.29. The van der Waals surface area contributed by atoms with Crippen LogP contribution in [0.4, 0.5) is 11.4 Å². The quantitative estimate of drug-likeness (QED) is 0.564. The molecule has 0 saturated heterocycles. The monoisotopic (exact) mass is 302 g/mol. The van der Waals surface area contributed by atoms with Gasteiger partial charge in [0.25, 0.3) is 0 Å². The van der Waals surface area contributed by atoms with Crippen LogP contribution >= 0.6 is 22.6 Å². The van der Waals surface area contributed by atoms with Crippen LogP contribution in [0.5, 0.6) is 0 Å². The smallest absolute Gasteiger partial charge is 0.233 e. The fourth-order valence-corrected chi connectivity index (χ4v) is 1.75. The van der Waals surface area contributed by atoms with E-state index in [0.29, 0.717) is 11.4 Å². The van der Waals surface area contributed by atoms with E-state index < -0.39 is 0 Å².